The van der Waals surface area contributed by atoms with E-state index in [4.69, 9.17) is 15.2 Å². The lowest BCUT2D eigenvalue weighted by Gasteiger charge is -2.36. The van der Waals surface area contributed by atoms with Crippen LogP contribution in [0, 0.1) is 6.92 Å². The van der Waals surface area contributed by atoms with Crippen molar-refractivity contribution in [1.29, 1.82) is 0 Å². The highest BCUT2D eigenvalue weighted by Gasteiger charge is 2.62. The highest BCUT2D eigenvalue weighted by Crippen LogP contribution is 2.54. The lowest BCUT2D eigenvalue weighted by molar-refractivity contribution is -0.140. The van der Waals surface area contributed by atoms with Crippen molar-refractivity contribution in [2.24, 2.45) is 5.73 Å². The number of carbonyl (C=O) groups excluding carboxylic acids is 2. The Morgan fingerprint density at radius 2 is 1.75 bits per heavy atom. The minimum Gasteiger partial charge on any atom is -0.462 e. The molecular weight excluding hydrogens is 458 g/mol. The first kappa shape index (κ1) is 23.4. The molecule has 2 aliphatic rings. The van der Waals surface area contributed by atoms with Gasteiger partial charge in [-0.25, -0.2) is 4.79 Å². The van der Waals surface area contributed by atoms with Crippen molar-refractivity contribution >= 4 is 17.6 Å². The zero-order valence-corrected chi connectivity index (χ0v) is 20.4. The number of carbonyl (C=O) groups is 2. The van der Waals surface area contributed by atoms with Gasteiger partial charge >= 0.3 is 5.97 Å². The molecule has 1 amide bonds. The number of hydrogen-bond donors (Lipinski definition) is 1. The molecule has 0 saturated heterocycles. The number of aryl methyl sites for hydroxylation is 1. The molecule has 0 unspecified atom stereocenters. The molecule has 0 saturated carbocycles. The summed E-state index contributed by atoms with van der Waals surface area (Å²) in [5, 5.41) is 0. The van der Waals surface area contributed by atoms with Crippen LogP contribution in [-0.2, 0) is 32.8 Å². The van der Waals surface area contributed by atoms with Crippen LogP contribution in [-0.4, -0.2) is 23.1 Å². The number of esters is 1. The molecule has 1 atom stereocenters. The van der Waals surface area contributed by atoms with Gasteiger partial charge in [-0.2, -0.15) is 0 Å². The Kier molecular flexibility index (Phi) is 5.67. The smallest absolute Gasteiger partial charge is 0.341 e. The van der Waals surface area contributed by atoms with Crippen LogP contribution in [0.2, 0.25) is 0 Å². The van der Waals surface area contributed by atoms with E-state index in [1.807, 2.05) is 49.4 Å². The molecule has 3 aromatic rings. The third-order valence-corrected chi connectivity index (χ3v) is 6.83. The molecule has 0 radical (unpaired) electrons. The molecule has 2 aliphatic heterocycles. The second-order valence-corrected chi connectivity index (χ2v) is 8.78. The molecular formula is C28H27N3O5. The van der Waals surface area contributed by atoms with Gasteiger partial charge in [0, 0.05) is 29.6 Å². The predicted octanol–water partition coefficient (Wildman–Crippen LogP) is 3.14. The van der Waals surface area contributed by atoms with E-state index in [-0.39, 0.29) is 35.9 Å². The van der Waals surface area contributed by atoms with Crippen LogP contribution in [0.15, 0.2) is 76.9 Å². The van der Waals surface area contributed by atoms with Gasteiger partial charge in [0.15, 0.2) is 0 Å². The van der Waals surface area contributed by atoms with Gasteiger partial charge in [0.05, 0.1) is 18.7 Å². The molecule has 5 rings (SSSR count). The van der Waals surface area contributed by atoms with E-state index < -0.39 is 22.9 Å². The largest absolute Gasteiger partial charge is 0.462 e. The third kappa shape index (κ3) is 3.17. The van der Waals surface area contributed by atoms with E-state index in [1.54, 1.807) is 41.5 Å². The number of hydrogen-bond acceptors (Lipinski definition) is 6. The Hall–Kier alpha value is -4.33. The molecule has 8 nitrogen and oxygen atoms in total. The van der Waals surface area contributed by atoms with Crippen molar-refractivity contribution in [3.8, 4) is 5.75 Å². The van der Waals surface area contributed by atoms with Crippen molar-refractivity contribution in [2.45, 2.75) is 39.3 Å². The summed E-state index contributed by atoms with van der Waals surface area (Å²) in [4.78, 5) is 43.6. The lowest BCUT2D eigenvalue weighted by atomic mass is 9.68. The number of aromatic nitrogens is 1. The molecule has 2 aromatic carbocycles. The Morgan fingerprint density at radius 3 is 2.44 bits per heavy atom. The Bertz CT molecular complexity index is 1470. The number of amides is 1. The van der Waals surface area contributed by atoms with Crippen LogP contribution in [0.5, 0.6) is 5.75 Å². The number of fused-ring (bicyclic) bond motifs is 4. The molecule has 2 N–H and O–H groups in total. The number of anilines is 1. The van der Waals surface area contributed by atoms with Gasteiger partial charge < -0.3 is 24.7 Å². The number of nitrogens with two attached hydrogens (primary N) is 1. The highest BCUT2D eigenvalue weighted by molar-refractivity contribution is 6.18. The number of rotatable bonds is 5. The number of pyridine rings is 1. The molecule has 184 valence electrons. The summed E-state index contributed by atoms with van der Waals surface area (Å²) in [5.74, 6) is -1.34. The fourth-order valence-corrected chi connectivity index (χ4v) is 5.35. The first-order valence-electron chi connectivity index (χ1n) is 11.9. The third-order valence-electron chi connectivity index (χ3n) is 6.83. The van der Waals surface area contributed by atoms with Crippen molar-refractivity contribution in [2.75, 3.05) is 11.5 Å². The molecule has 8 heteroatoms. The maximum absolute atomic E-state index is 14.6. The van der Waals surface area contributed by atoms with Crippen LogP contribution in [0.25, 0.3) is 0 Å². The van der Waals surface area contributed by atoms with E-state index in [0.717, 1.165) is 5.56 Å². The van der Waals surface area contributed by atoms with Crippen molar-refractivity contribution in [3.63, 3.8) is 0 Å². The molecule has 0 aliphatic carbocycles. The van der Waals surface area contributed by atoms with Crippen LogP contribution < -0.4 is 20.9 Å². The number of benzene rings is 2. The monoisotopic (exact) mass is 485 g/mol. The van der Waals surface area contributed by atoms with Crippen LogP contribution >= 0.6 is 0 Å². The fraction of sp³-hybridized carbons (Fsp3) is 0.250. The summed E-state index contributed by atoms with van der Waals surface area (Å²) in [7, 11) is 0. The van der Waals surface area contributed by atoms with Gasteiger partial charge in [-0.1, -0.05) is 48.5 Å². The molecule has 1 aromatic heterocycles. The summed E-state index contributed by atoms with van der Waals surface area (Å²) < 4.78 is 12.8. The minimum absolute atomic E-state index is 0.0647. The van der Waals surface area contributed by atoms with E-state index in [1.165, 1.54) is 0 Å². The number of para-hydroxylation sites is 1. The molecule has 0 fully saturated rings. The van der Waals surface area contributed by atoms with Crippen LogP contribution in [0.3, 0.4) is 0 Å². The Morgan fingerprint density at radius 1 is 1.06 bits per heavy atom. The van der Waals surface area contributed by atoms with Crippen molar-refractivity contribution in [3.05, 3.63) is 105 Å². The number of ether oxygens (including phenoxy) is 2. The zero-order chi connectivity index (χ0) is 25.6. The highest BCUT2D eigenvalue weighted by atomic mass is 16.5. The van der Waals surface area contributed by atoms with E-state index >= 15 is 0 Å². The summed E-state index contributed by atoms with van der Waals surface area (Å²) in [5.41, 5.74) is 6.66. The molecule has 36 heavy (non-hydrogen) atoms. The number of nitrogens with zero attached hydrogens (tertiary/aromatic N) is 2. The van der Waals surface area contributed by atoms with Gasteiger partial charge in [-0.15, -0.1) is 0 Å². The SMILES string of the molecule is CCOC(=O)C1=C(N)Oc2cc(C)n(CC)c(=O)c2[C@@]12C(=O)N(Cc1ccccc1)c1ccccc12. The summed E-state index contributed by atoms with van der Waals surface area (Å²) in [6, 6.07) is 18.4. The van der Waals surface area contributed by atoms with E-state index in [9.17, 15) is 14.4 Å². The Balaban J connectivity index is 1.87. The van der Waals surface area contributed by atoms with E-state index in [0.29, 0.717) is 23.5 Å². The van der Waals surface area contributed by atoms with Crippen LogP contribution in [0.4, 0.5) is 5.69 Å². The average Bonchev–Trinajstić information content (AvgIpc) is 3.08. The maximum Gasteiger partial charge on any atom is 0.341 e. The average molecular weight is 486 g/mol. The molecule has 0 bridgehead atoms. The second kappa shape index (κ2) is 8.71. The van der Waals surface area contributed by atoms with Gasteiger partial charge in [0.1, 0.15) is 16.7 Å². The van der Waals surface area contributed by atoms with Crippen LogP contribution in [0.1, 0.15) is 36.2 Å². The summed E-state index contributed by atoms with van der Waals surface area (Å²) in [6.07, 6.45) is 0. The zero-order valence-electron chi connectivity index (χ0n) is 20.4. The van der Waals surface area contributed by atoms with E-state index in [2.05, 4.69) is 0 Å². The molecule has 1 spiro atoms. The van der Waals surface area contributed by atoms with Gasteiger partial charge in [0.25, 0.3) is 5.56 Å². The summed E-state index contributed by atoms with van der Waals surface area (Å²) >= 11 is 0. The standard InChI is InChI=1S/C28H27N3O5/c1-4-30-17(3)15-21-22(25(30)32)28(23(24(29)36-21)26(33)35-5-2)19-13-9-10-14-20(19)31(27(28)34)16-18-11-7-6-8-12-18/h6-15H,4-5,16,29H2,1-3H3/t28-/m1/s1. The van der Waals surface area contributed by atoms with Crippen molar-refractivity contribution < 1.29 is 19.1 Å². The topological polar surface area (TPSA) is 104 Å². The Labute approximate surface area is 208 Å². The first-order chi connectivity index (χ1) is 17.4. The van der Waals surface area contributed by atoms with Gasteiger partial charge in [-0.05, 0) is 32.4 Å². The van der Waals surface area contributed by atoms with Gasteiger partial charge in [-0.3, -0.25) is 9.59 Å². The minimum atomic E-state index is -1.81. The fourth-order valence-electron chi connectivity index (χ4n) is 5.35. The van der Waals surface area contributed by atoms with Crippen molar-refractivity contribution in [1.82, 2.24) is 4.57 Å². The first-order valence-corrected chi connectivity index (χ1v) is 11.9. The molecule has 3 heterocycles. The lowest BCUT2D eigenvalue weighted by Crippen LogP contribution is -2.52. The quantitative estimate of drug-likeness (QED) is 0.557. The summed E-state index contributed by atoms with van der Waals surface area (Å²) in [6.45, 7) is 5.99. The maximum atomic E-state index is 14.6. The van der Waals surface area contributed by atoms with Gasteiger partial charge in [0.2, 0.25) is 11.8 Å². The predicted molar refractivity (Wildman–Crippen MR) is 134 cm³/mol. The normalized spacial score (nSPS) is 18.2. The second-order valence-electron chi connectivity index (χ2n) is 8.78.